The first kappa shape index (κ1) is 13.7. The number of hydrogen-bond acceptors (Lipinski definition) is 4. The molecule has 0 aliphatic rings. The second kappa shape index (κ2) is 5.97. The minimum Gasteiger partial charge on any atom is -0.338 e. The summed E-state index contributed by atoms with van der Waals surface area (Å²) in [4.78, 5) is 4.39. The fourth-order valence-electron chi connectivity index (χ4n) is 1.82. The maximum atomic E-state index is 5.22. The molecule has 19 heavy (non-hydrogen) atoms. The minimum atomic E-state index is 0.412. The average molecular weight is 259 g/mol. The monoisotopic (exact) mass is 259 g/mol. The summed E-state index contributed by atoms with van der Waals surface area (Å²) in [6.07, 6.45) is 0.715. The van der Waals surface area contributed by atoms with Crippen LogP contribution in [0.2, 0.25) is 0 Å². The molecule has 2 rings (SSSR count). The Morgan fingerprint density at radius 2 is 2.00 bits per heavy atom. The molecule has 4 nitrogen and oxygen atoms in total. The van der Waals surface area contributed by atoms with Crippen molar-refractivity contribution in [1.82, 2.24) is 15.5 Å². The molecule has 0 spiro atoms. The van der Waals surface area contributed by atoms with E-state index >= 15 is 0 Å². The van der Waals surface area contributed by atoms with E-state index in [1.54, 1.807) is 0 Å². The molecule has 0 saturated carbocycles. The number of hydrogen-bond donors (Lipinski definition) is 1. The van der Waals surface area contributed by atoms with Gasteiger partial charge in [0.2, 0.25) is 5.89 Å². The van der Waals surface area contributed by atoms with Gasteiger partial charge in [0, 0.05) is 12.5 Å². The van der Waals surface area contributed by atoms with Crippen molar-refractivity contribution in [2.75, 3.05) is 0 Å². The Kier molecular flexibility index (Phi) is 4.32. The van der Waals surface area contributed by atoms with Crippen LogP contribution in [-0.2, 0) is 13.0 Å². The lowest BCUT2D eigenvalue weighted by Gasteiger charge is -2.03. The standard InChI is InChI=1S/C15H21N3O/c1-10(2)16-9-15-17-14(18-19-15)8-13-6-5-11(3)12(4)7-13/h5-7,10,16H,8-9H2,1-4H3. The summed E-state index contributed by atoms with van der Waals surface area (Å²) in [5.74, 6) is 1.39. The van der Waals surface area contributed by atoms with Crippen molar-refractivity contribution in [3.05, 3.63) is 46.6 Å². The van der Waals surface area contributed by atoms with E-state index in [0.29, 0.717) is 24.9 Å². The SMILES string of the molecule is Cc1ccc(Cc2noc(CNC(C)C)n2)cc1C. The number of aromatic nitrogens is 2. The lowest BCUT2D eigenvalue weighted by molar-refractivity contribution is 0.358. The Balaban J connectivity index is 2.01. The van der Waals surface area contributed by atoms with Crippen molar-refractivity contribution in [1.29, 1.82) is 0 Å². The van der Waals surface area contributed by atoms with Crippen molar-refractivity contribution in [2.24, 2.45) is 0 Å². The number of aryl methyl sites for hydroxylation is 2. The highest BCUT2D eigenvalue weighted by Gasteiger charge is 2.08. The van der Waals surface area contributed by atoms with E-state index in [-0.39, 0.29) is 0 Å². The van der Waals surface area contributed by atoms with Gasteiger partial charge in [-0.15, -0.1) is 0 Å². The zero-order chi connectivity index (χ0) is 13.8. The van der Waals surface area contributed by atoms with E-state index < -0.39 is 0 Å². The van der Waals surface area contributed by atoms with Gasteiger partial charge in [-0.1, -0.05) is 37.2 Å². The van der Waals surface area contributed by atoms with Gasteiger partial charge < -0.3 is 9.84 Å². The fraction of sp³-hybridized carbons (Fsp3) is 0.467. The van der Waals surface area contributed by atoms with Gasteiger partial charge in [-0.2, -0.15) is 4.98 Å². The molecule has 0 radical (unpaired) electrons. The zero-order valence-electron chi connectivity index (χ0n) is 12.0. The minimum absolute atomic E-state index is 0.412. The van der Waals surface area contributed by atoms with Crippen molar-refractivity contribution >= 4 is 0 Å². The molecule has 102 valence electrons. The molecule has 1 aromatic heterocycles. The molecular formula is C15H21N3O. The summed E-state index contributed by atoms with van der Waals surface area (Å²) in [6.45, 7) is 9.03. The van der Waals surface area contributed by atoms with Gasteiger partial charge >= 0.3 is 0 Å². The number of nitrogens with zero attached hydrogens (tertiary/aromatic N) is 2. The molecule has 1 N–H and O–H groups in total. The molecule has 0 bridgehead atoms. The van der Waals surface area contributed by atoms with Gasteiger partial charge in [0.15, 0.2) is 5.82 Å². The van der Waals surface area contributed by atoms with E-state index in [1.807, 2.05) is 0 Å². The molecule has 1 aromatic carbocycles. The highest BCUT2D eigenvalue weighted by molar-refractivity contribution is 5.31. The molecule has 0 aliphatic heterocycles. The quantitative estimate of drug-likeness (QED) is 0.897. The van der Waals surface area contributed by atoms with Crippen molar-refractivity contribution < 1.29 is 4.52 Å². The largest absolute Gasteiger partial charge is 0.338 e. The summed E-state index contributed by atoms with van der Waals surface area (Å²) in [5.41, 5.74) is 3.81. The van der Waals surface area contributed by atoms with E-state index in [0.717, 1.165) is 5.82 Å². The first-order valence-electron chi connectivity index (χ1n) is 6.65. The third kappa shape index (κ3) is 3.89. The van der Waals surface area contributed by atoms with Crippen molar-refractivity contribution in [3.63, 3.8) is 0 Å². The molecule has 0 fully saturated rings. The van der Waals surface area contributed by atoms with Crippen molar-refractivity contribution in [3.8, 4) is 0 Å². The molecule has 0 saturated heterocycles. The summed E-state index contributed by atoms with van der Waals surface area (Å²) < 4.78 is 5.22. The second-order valence-corrected chi connectivity index (χ2v) is 5.24. The van der Waals surface area contributed by atoms with Crippen LogP contribution in [0.5, 0.6) is 0 Å². The maximum Gasteiger partial charge on any atom is 0.240 e. The van der Waals surface area contributed by atoms with Crippen LogP contribution in [0.4, 0.5) is 0 Å². The Labute approximate surface area is 114 Å². The van der Waals surface area contributed by atoms with Gasteiger partial charge in [-0.3, -0.25) is 0 Å². The first-order chi connectivity index (χ1) is 9.04. The van der Waals surface area contributed by atoms with E-state index in [1.165, 1.54) is 16.7 Å². The van der Waals surface area contributed by atoms with Crippen LogP contribution < -0.4 is 5.32 Å². The van der Waals surface area contributed by atoms with E-state index in [4.69, 9.17) is 4.52 Å². The van der Waals surface area contributed by atoms with Crippen LogP contribution in [0.3, 0.4) is 0 Å². The van der Waals surface area contributed by atoms with Crippen LogP contribution in [0.25, 0.3) is 0 Å². The summed E-state index contributed by atoms with van der Waals surface area (Å²) in [6, 6.07) is 6.84. The van der Waals surface area contributed by atoms with E-state index in [2.05, 4.69) is 61.4 Å². The van der Waals surface area contributed by atoms with E-state index in [9.17, 15) is 0 Å². The Hall–Kier alpha value is -1.68. The Morgan fingerprint density at radius 1 is 1.21 bits per heavy atom. The van der Waals surface area contributed by atoms with Crippen LogP contribution in [-0.4, -0.2) is 16.2 Å². The lowest BCUT2D eigenvalue weighted by Crippen LogP contribution is -2.21. The second-order valence-electron chi connectivity index (χ2n) is 5.24. The molecule has 0 atom stereocenters. The number of rotatable bonds is 5. The highest BCUT2D eigenvalue weighted by atomic mass is 16.5. The van der Waals surface area contributed by atoms with Crippen LogP contribution in [0.1, 0.15) is 42.3 Å². The maximum absolute atomic E-state index is 5.22. The summed E-state index contributed by atoms with van der Waals surface area (Å²) >= 11 is 0. The number of nitrogens with one attached hydrogen (secondary N) is 1. The molecular weight excluding hydrogens is 238 g/mol. The van der Waals surface area contributed by atoms with Gasteiger partial charge in [0.05, 0.1) is 6.54 Å². The summed E-state index contributed by atoms with van der Waals surface area (Å²) in [7, 11) is 0. The summed E-state index contributed by atoms with van der Waals surface area (Å²) in [5, 5.41) is 7.27. The van der Waals surface area contributed by atoms with Gasteiger partial charge in [-0.05, 0) is 30.5 Å². The first-order valence-corrected chi connectivity index (χ1v) is 6.65. The van der Waals surface area contributed by atoms with Crippen LogP contribution >= 0.6 is 0 Å². The fourth-order valence-corrected chi connectivity index (χ4v) is 1.82. The predicted octanol–water partition coefficient (Wildman–Crippen LogP) is 2.78. The third-order valence-corrected chi connectivity index (χ3v) is 3.11. The average Bonchev–Trinajstić information content (AvgIpc) is 2.79. The molecule has 2 aromatic rings. The molecule has 0 unspecified atom stereocenters. The lowest BCUT2D eigenvalue weighted by atomic mass is 10.0. The van der Waals surface area contributed by atoms with Gasteiger partial charge in [0.1, 0.15) is 0 Å². The Morgan fingerprint density at radius 3 is 2.68 bits per heavy atom. The number of benzene rings is 1. The Bertz CT molecular complexity index is 546. The zero-order valence-corrected chi connectivity index (χ0v) is 12.0. The van der Waals surface area contributed by atoms with Crippen LogP contribution in [0.15, 0.2) is 22.7 Å². The topological polar surface area (TPSA) is 51.0 Å². The third-order valence-electron chi connectivity index (χ3n) is 3.11. The van der Waals surface area contributed by atoms with Gasteiger partial charge in [-0.25, -0.2) is 0 Å². The molecule has 0 aliphatic carbocycles. The molecule has 0 amide bonds. The molecule has 1 heterocycles. The van der Waals surface area contributed by atoms with Gasteiger partial charge in [0.25, 0.3) is 0 Å². The normalized spacial score (nSPS) is 11.2. The van der Waals surface area contributed by atoms with Crippen LogP contribution in [0, 0.1) is 13.8 Å². The molecule has 4 heteroatoms. The van der Waals surface area contributed by atoms with Crippen molar-refractivity contribution in [2.45, 2.75) is 46.7 Å². The highest BCUT2D eigenvalue weighted by Crippen LogP contribution is 2.12. The predicted molar refractivity (Wildman–Crippen MR) is 75.0 cm³/mol. The smallest absolute Gasteiger partial charge is 0.240 e.